The SMILES string of the molecule is NCc1ccn(CC(=O)NC2CCOCC2)c1. The Bertz CT molecular complexity index is 370. The lowest BCUT2D eigenvalue weighted by Gasteiger charge is -2.23. The molecule has 0 bridgehead atoms. The number of carbonyl (C=O) groups excluding carboxylic acids is 1. The number of nitrogens with two attached hydrogens (primary N) is 1. The Morgan fingerprint density at radius 3 is 2.94 bits per heavy atom. The van der Waals surface area contributed by atoms with Gasteiger partial charge in [-0.25, -0.2) is 0 Å². The predicted octanol–water partition coefficient (Wildman–Crippen LogP) is 0.242. The first-order chi connectivity index (χ1) is 8.28. The summed E-state index contributed by atoms with van der Waals surface area (Å²) in [5.74, 6) is 0.0519. The van der Waals surface area contributed by atoms with Gasteiger partial charge in [-0.2, -0.15) is 0 Å². The predicted molar refractivity (Wildman–Crippen MR) is 64.3 cm³/mol. The molecule has 5 heteroatoms. The van der Waals surface area contributed by atoms with Crippen LogP contribution >= 0.6 is 0 Å². The van der Waals surface area contributed by atoms with E-state index in [-0.39, 0.29) is 11.9 Å². The van der Waals surface area contributed by atoms with Crippen molar-refractivity contribution in [3.63, 3.8) is 0 Å². The summed E-state index contributed by atoms with van der Waals surface area (Å²) in [6, 6.07) is 2.20. The topological polar surface area (TPSA) is 69.3 Å². The Kier molecular flexibility index (Phi) is 4.17. The Morgan fingerprint density at radius 1 is 1.53 bits per heavy atom. The zero-order valence-corrected chi connectivity index (χ0v) is 9.89. The van der Waals surface area contributed by atoms with Crippen molar-refractivity contribution in [3.05, 3.63) is 24.0 Å². The van der Waals surface area contributed by atoms with E-state index in [4.69, 9.17) is 10.5 Å². The Labute approximate surface area is 101 Å². The second-order valence-corrected chi connectivity index (χ2v) is 4.35. The molecule has 0 spiro atoms. The molecule has 17 heavy (non-hydrogen) atoms. The molecule has 3 N–H and O–H groups in total. The maximum absolute atomic E-state index is 11.8. The molecule has 1 aromatic rings. The Morgan fingerprint density at radius 2 is 2.29 bits per heavy atom. The second-order valence-electron chi connectivity index (χ2n) is 4.35. The van der Waals surface area contributed by atoms with Crippen LogP contribution in [0.2, 0.25) is 0 Å². The van der Waals surface area contributed by atoms with Gasteiger partial charge in [-0.15, -0.1) is 0 Å². The zero-order valence-electron chi connectivity index (χ0n) is 9.89. The average molecular weight is 237 g/mol. The van der Waals surface area contributed by atoms with Crippen LogP contribution in [-0.4, -0.2) is 29.7 Å². The molecule has 0 aliphatic carbocycles. The molecule has 0 saturated carbocycles. The molecule has 0 aromatic carbocycles. The molecule has 1 aliphatic rings. The van der Waals surface area contributed by atoms with Crippen LogP contribution in [-0.2, 0) is 22.6 Å². The summed E-state index contributed by atoms with van der Waals surface area (Å²) in [5.41, 5.74) is 6.56. The summed E-state index contributed by atoms with van der Waals surface area (Å²) >= 11 is 0. The van der Waals surface area contributed by atoms with E-state index in [9.17, 15) is 4.79 Å². The van der Waals surface area contributed by atoms with Crippen molar-refractivity contribution < 1.29 is 9.53 Å². The van der Waals surface area contributed by atoms with E-state index < -0.39 is 0 Å². The monoisotopic (exact) mass is 237 g/mol. The fourth-order valence-corrected chi connectivity index (χ4v) is 1.99. The lowest BCUT2D eigenvalue weighted by atomic mass is 10.1. The van der Waals surface area contributed by atoms with E-state index in [2.05, 4.69) is 5.32 Å². The van der Waals surface area contributed by atoms with Crippen LogP contribution in [0.1, 0.15) is 18.4 Å². The minimum atomic E-state index is 0.0519. The highest BCUT2D eigenvalue weighted by molar-refractivity contribution is 5.76. The number of nitrogens with one attached hydrogen (secondary N) is 1. The highest BCUT2D eigenvalue weighted by Crippen LogP contribution is 2.06. The van der Waals surface area contributed by atoms with Gasteiger partial charge in [-0.1, -0.05) is 0 Å². The minimum Gasteiger partial charge on any atom is -0.381 e. The molecule has 2 heterocycles. The fourth-order valence-electron chi connectivity index (χ4n) is 1.99. The molecular weight excluding hydrogens is 218 g/mol. The van der Waals surface area contributed by atoms with Gasteiger partial charge in [0.2, 0.25) is 5.91 Å². The third-order valence-electron chi connectivity index (χ3n) is 2.96. The molecule has 1 aromatic heterocycles. The Hall–Kier alpha value is -1.33. The maximum Gasteiger partial charge on any atom is 0.240 e. The highest BCUT2D eigenvalue weighted by Gasteiger charge is 2.15. The average Bonchev–Trinajstić information content (AvgIpc) is 2.78. The molecule has 94 valence electrons. The van der Waals surface area contributed by atoms with E-state index in [1.807, 2.05) is 23.0 Å². The number of rotatable bonds is 4. The standard InChI is InChI=1S/C12H19N3O2/c13-7-10-1-4-15(8-10)9-12(16)14-11-2-5-17-6-3-11/h1,4,8,11H,2-3,5-7,9,13H2,(H,14,16). The number of aromatic nitrogens is 1. The molecule has 1 fully saturated rings. The molecule has 0 unspecified atom stereocenters. The van der Waals surface area contributed by atoms with Gasteiger partial charge < -0.3 is 20.4 Å². The lowest BCUT2D eigenvalue weighted by Crippen LogP contribution is -2.40. The third-order valence-corrected chi connectivity index (χ3v) is 2.96. The lowest BCUT2D eigenvalue weighted by molar-refractivity contribution is -0.122. The molecule has 2 rings (SSSR count). The van der Waals surface area contributed by atoms with E-state index in [1.165, 1.54) is 0 Å². The van der Waals surface area contributed by atoms with Crippen LogP contribution in [0, 0.1) is 0 Å². The van der Waals surface area contributed by atoms with Gasteiger partial charge in [-0.3, -0.25) is 4.79 Å². The molecular formula is C12H19N3O2. The highest BCUT2D eigenvalue weighted by atomic mass is 16.5. The summed E-state index contributed by atoms with van der Waals surface area (Å²) in [4.78, 5) is 11.8. The van der Waals surface area contributed by atoms with Crippen molar-refractivity contribution in [1.82, 2.24) is 9.88 Å². The zero-order chi connectivity index (χ0) is 12.1. The summed E-state index contributed by atoms with van der Waals surface area (Å²) < 4.78 is 7.11. The van der Waals surface area contributed by atoms with E-state index >= 15 is 0 Å². The quantitative estimate of drug-likeness (QED) is 0.788. The van der Waals surface area contributed by atoms with Gasteiger partial charge in [0.15, 0.2) is 0 Å². The van der Waals surface area contributed by atoms with Gasteiger partial charge in [0, 0.05) is 38.2 Å². The molecule has 1 amide bonds. The first kappa shape index (κ1) is 12.1. The molecule has 1 saturated heterocycles. The number of carbonyl (C=O) groups is 1. The van der Waals surface area contributed by atoms with Crippen LogP contribution in [0.5, 0.6) is 0 Å². The first-order valence-corrected chi connectivity index (χ1v) is 6.00. The summed E-state index contributed by atoms with van der Waals surface area (Å²) in [6.07, 6.45) is 5.60. The number of hydrogen-bond donors (Lipinski definition) is 2. The third kappa shape index (κ3) is 3.57. The van der Waals surface area contributed by atoms with Gasteiger partial charge in [0.25, 0.3) is 0 Å². The molecule has 0 atom stereocenters. The van der Waals surface area contributed by atoms with Crippen LogP contribution in [0.4, 0.5) is 0 Å². The molecule has 1 aliphatic heterocycles. The number of hydrogen-bond acceptors (Lipinski definition) is 3. The second kappa shape index (κ2) is 5.84. The largest absolute Gasteiger partial charge is 0.381 e. The smallest absolute Gasteiger partial charge is 0.240 e. The fraction of sp³-hybridized carbons (Fsp3) is 0.583. The maximum atomic E-state index is 11.8. The van der Waals surface area contributed by atoms with E-state index in [0.717, 1.165) is 31.6 Å². The minimum absolute atomic E-state index is 0.0519. The van der Waals surface area contributed by atoms with Crippen molar-refractivity contribution in [2.24, 2.45) is 5.73 Å². The first-order valence-electron chi connectivity index (χ1n) is 6.00. The van der Waals surface area contributed by atoms with Crippen LogP contribution in [0.15, 0.2) is 18.5 Å². The number of amides is 1. The van der Waals surface area contributed by atoms with Gasteiger partial charge >= 0.3 is 0 Å². The van der Waals surface area contributed by atoms with E-state index in [0.29, 0.717) is 13.1 Å². The van der Waals surface area contributed by atoms with Crippen molar-refractivity contribution >= 4 is 5.91 Å². The normalized spacial score (nSPS) is 17.0. The van der Waals surface area contributed by atoms with Gasteiger partial charge in [0.1, 0.15) is 6.54 Å². The van der Waals surface area contributed by atoms with Crippen LogP contribution in [0.25, 0.3) is 0 Å². The van der Waals surface area contributed by atoms with Gasteiger partial charge in [0.05, 0.1) is 0 Å². The molecule has 5 nitrogen and oxygen atoms in total. The van der Waals surface area contributed by atoms with E-state index in [1.54, 1.807) is 0 Å². The van der Waals surface area contributed by atoms with Crippen LogP contribution < -0.4 is 11.1 Å². The van der Waals surface area contributed by atoms with Crippen molar-refractivity contribution in [2.75, 3.05) is 13.2 Å². The summed E-state index contributed by atoms with van der Waals surface area (Å²) in [7, 11) is 0. The Balaban J connectivity index is 1.79. The van der Waals surface area contributed by atoms with Crippen molar-refractivity contribution in [3.8, 4) is 0 Å². The number of nitrogens with zero attached hydrogens (tertiary/aromatic N) is 1. The van der Waals surface area contributed by atoms with Gasteiger partial charge in [-0.05, 0) is 24.5 Å². The van der Waals surface area contributed by atoms with Crippen LogP contribution in [0.3, 0.4) is 0 Å². The van der Waals surface area contributed by atoms with Crippen molar-refractivity contribution in [2.45, 2.75) is 32.0 Å². The van der Waals surface area contributed by atoms with Crippen molar-refractivity contribution in [1.29, 1.82) is 0 Å². The summed E-state index contributed by atoms with van der Waals surface area (Å²) in [5, 5.41) is 3.02. The molecule has 0 radical (unpaired) electrons. The number of ether oxygens (including phenoxy) is 1. The summed E-state index contributed by atoms with van der Waals surface area (Å²) in [6.45, 7) is 2.35.